The first-order valence-corrected chi connectivity index (χ1v) is 3.27. The molecule has 0 amide bonds. The lowest BCUT2D eigenvalue weighted by molar-refractivity contribution is -0.113. The minimum atomic E-state index is -0.491. The first kappa shape index (κ1) is 7.22. The van der Waals surface area contributed by atoms with Crippen molar-refractivity contribution < 1.29 is 4.79 Å². The van der Waals surface area contributed by atoms with E-state index in [0.717, 1.165) is 6.29 Å². The van der Waals surface area contributed by atoms with E-state index >= 15 is 0 Å². The molecule has 2 unspecified atom stereocenters. The number of carbonyl (C=O) groups is 1. The zero-order valence-electron chi connectivity index (χ0n) is 5.95. The lowest BCUT2D eigenvalue weighted by Gasteiger charge is -2.25. The highest BCUT2D eigenvalue weighted by Crippen LogP contribution is 2.22. The van der Waals surface area contributed by atoms with E-state index in [-0.39, 0.29) is 6.04 Å². The first-order chi connectivity index (χ1) is 4.69. The van der Waals surface area contributed by atoms with E-state index in [1.807, 2.05) is 31.2 Å². The molecule has 54 valence electrons. The second-order valence-electron chi connectivity index (χ2n) is 2.75. The Morgan fingerprint density at radius 2 is 2.30 bits per heavy atom. The van der Waals surface area contributed by atoms with Crippen LogP contribution in [-0.2, 0) is 4.79 Å². The van der Waals surface area contributed by atoms with Gasteiger partial charge in [0.25, 0.3) is 0 Å². The van der Waals surface area contributed by atoms with Crippen LogP contribution in [0, 0.1) is 5.41 Å². The molecule has 0 aromatic heterocycles. The summed E-state index contributed by atoms with van der Waals surface area (Å²) in [6.07, 6.45) is 8.24. The fraction of sp³-hybridized carbons (Fsp3) is 0.375. The molecular formula is C8H11NO. The fourth-order valence-corrected chi connectivity index (χ4v) is 0.883. The Balaban J connectivity index is 2.87. The number of rotatable bonds is 1. The standard InChI is InChI=1S/C8H11NO/c1-8(6-10)5-3-2-4-7(8)9/h2-7H,9H2,1H3. The summed E-state index contributed by atoms with van der Waals surface area (Å²) in [4.78, 5) is 10.5. The van der Waals surface area contributed by atoms with Crippen LogP contribution in [0.5, 0.6) is 0 Å². The maximum atomic E-state index is 10.5. The summed E-state index contributed by atoms with van der Waals surface area (Å²) in [6, 6.07) is -0.171. The van der Waals surface area contributed by atoms with E-state index in [0.29, 0.717) is 0 Å². The quantitative estimate of drug-likeness (QED) is 0.539. The van der Waals surface area contributed by atoms with Crippen molar-refractivity contribution >= 4 is 6.29 Å². The molecule has 0 heterocycles. The molecule has 0 spiro atoms. The van der Waals surface area contributed by atoms with Crippen LogP contribution in [0.4, 0.5) is 0 Å². The van der Waals surface area contributed by atoms with Crippen molar-refractivity contribution in [3.63, 3.8) is 0 Å². The average molecular weight is 137 g/mol. The van der Waals surface area contributed by atoms with Gasteiger partial charge in [0.2, 0.25) is 0 Å². The van der Waals surface area contributed by atoms with E-state index in [2.05, 4.69) is 0 Å². The van der Waals surface area contributed by atoms with Crippen LogP contribution in [0.1, 0.15) is 6.92 Å². The van der Waals surface area contributed by atoms with Crippen LogP contribution in [-0.4, -0.2) is 12.3 Å². The second kappa shape index (κ2) is 2.39. The second-order valence-corrected chi connectivity index (χ2v) is 2.75. The molecule has 10 heavy (non-hydrogen) atoms. The minimum Gasteiger partial charge on any atom is -0.323 e. The number of hydrogen-bond acceptors (Lipinski definition) is 2. The maximum absolute atomic E-state index is 10.5. The van der Waals surface area contributed by atoms with Gasteiger partial charge in [0.05, 0.1) is 5.41 Å². The third-order valence-corrected chi connectivity index (χ3v) is 1.86. The summed E-state index contributed by atoms with van der Waals surface area (Å²) >= 11 is 0. The van der Waals surface area contributed by atoms with Gasteiger partial charge in [-0.1, -0.05) is 24.3 Å². The van der Waals surface area contributed by atoms with Crippen molar-refractivity contribution in [2.75, 3.05) is 0 Å². The van der Waals surface area contributed by atoms with Gasteiger partial charge in [-0.3, -0.25) is 0 Å². The van der Waals surface area contributed by atoms with Crippen molar-refractivity contribution in [3.8, 4) is 0 Å². The number of allylic oxidation sites excluding steroid dienone is 2. The molecule has 0 aliphatic heterocycles. The normalized spacial score (nSPS) is 38.0. The third-order valence-electron chi connectivity index (χ3n) is 1.86. The molecule has 1 aliphatic carbocycles. The summed E-state index contributed by atoms with van der Waals surface area (Å²) < 4.78 is 0. The minimum absolute atomic E-state index is 0.171. The van der Waals surface area contributed by atoms with Gasteiger partial charge < -0.3 is 10.5 Å². The molecule has 2 heteroatoms. The van der Waals surface area contributed by atoms with E-state index in [4.69, 9.17) is 5.73 Å². The Bertz CT molecular complexity index is 195. The summed E-state index contributed by atoms with van der Waals surface area (Å²) in [5, 5.41) is 0. The first-order valence-electron chi connectivity index (χ1n) is 3.27. The Morgan fingerprint density at radius 1 is 1.60 bits per heavy atom. The SMILES string of the molecule is CC1(C=O)C=CC=CC1N. The molecule has 2 nitrogen and oxygen atoms in total. The van der Waals surface area contributed by atoms with Crippen LogP contribution in [0.15, 0.2) is 24.3 Å². The molecule has 0 saturated heterocycles. The number of aldehydes is 1. The van der Waals surface area contributed by atoms with Gasteiger partial charge in [0.15, 0.2) is 0 Å². The zero-order valence-corrected chi connectivity index (χ0v) is 5.95. The zero-order chi connectivity index (χ0) is 7.61. The van der Waals surface area contributed by atoms with E-state index in [1.54, 1.807) is 0 Å². The van der Waals surface area contributed by atoms with Crippen LogP contribution < -0.4 is 5.73 Å². The molecular weight excluding hydrogens is 126 g/mol. The molecule has 0 bridgehead atoms. The summed E-state index contributed by atoms with van der Waals surface area (Å²) in [5.74, 6) is 0. The number of hydrogen-bond donors (Lipinski definition) is 1. The van der Waals surface area contributed by atoms with Crippen molar-refractivity contribution in [1.82, 2.24) is 0 Å². The molecule has 0 aromatic carbocycles. The van der Waals surface area contributed by atoms with Crippen molar-refractivity contribution in [3.05, 3.63) is 24.3 Å². The molecule has 1 aliphatic rings. The number of carbonyl (C=O) groups excluding carboxylic acids is 1. The van der Waals surface area contributed by atoms with Gasteiger partial charge in [0.1, 0.15) is 6.29 Å². The van der Waals surface area contributed by atoms with E-state index < -0.39 is 5.41 Å². The molecule has 2 N–H and O–H groups in total. The molecule has 0 aromatic rings. The third kappa shape index (κ3) is 1.02. The van der Waals surface area contributed by atoms with Gasteiger partial charge >= 0.3 is 0 Å². The van der Waals surface area contributed by atoms with Crippen LogP contribution in [0.25, 0.3) is 0 Å². The lowest BCUT2D eigenvalue weighted by Crippen LogP contribution is -2.38. The monoisotopic (exact) mass is 137 g/mol. The molecule has 2 atom stereocenters. The van der Waals surface area contributed by atoms with E-state index in [1.165, 1.54) is 0 Å². The van der Waals surface area contributed by atoms with Gasteiger partial charge in [-0.15, -0.1) is 0 Å². The van der Waals surface area contributed by atoms with Crippen LogP contribution in [0.2, 0.25) is 0 Å². The van der Waals surface area contributed by atoms with Crippen LogP contribution >= 0.6 is 0 Å². The van der Waals surface area contributed by atoms with Crippen molar-refractivity contribution in [2.45, 2.75) is 13.0 Å². The predicted molar refractivity (Wildman–Crippen MR) is 40.4 cm³/mol. The highest BCUT2D eigenvalue weighted by atomic mass is 16.1. The summed E-state index contributed by atoms with van der Waals surface area (Å²) in [5.41, 5.74) is 5.16. The van der Waals surface area contributed by atoms with Crippen molar-refractivity contribution in [1.29, 1.82) is 0 Å². The average Bonchev–Trinajstić information content (AvgIpc) is 1.96. The molecule has 0 saturated carbocycles. The summed E-state index contributed by atoms with van der Waals surface area (Å²) in [6.45, 7) is 1.82. The Labute approximate surface area is 60.4 Å². The smallest absolute Gasteiger partial charge is 0.131 e. The Hall–Kier alpha value is -0.890. The lowest BCUT2D eigenvalue weighted by atomic mass is 9.81. The topological polar surface area (TPSA) is 43.1 Å². The van der Waals surface area contributed by atoms with Gasteiger partial charge in [0, 0.05) is 6.04 Å². The van der Waals surface area contributed by atoms with Gasteiger partial charge in [-0.05, 0) is 6.92 Å². The highest BCUT2D eigenvalue weighted by molar-refractivity contribution is 5.65. The maximum Gasteiger partial charge on any atom is 0.131 e. The largest absolute Gasteiger partial charge is 0.323 e. The van der Waals surface area contributed by atoms with E-state index in [9.17, 15) is 4.79 Å². The fourth-order valence-electron chi connectivity index (χ4n) is 0.883. The Kier molecular flexibility index (Phi) is 1.72. The Morgan fingerprint density at radius 3 is 2.70 bits per heavy atom. The molecule has 0 fully saturated rings. The van der Waals surface area contributed by atoms with Crippen LogP contribution in [0.3, 0.4) is 0 Å². The van der Waals surface area contributed by atoms with Gasteiger partial charge in [-0.2, -0.15) is 0 Å². The van der Waals surface area contributed by atoms with Gasteiger partial charge in [-0.25, -0.2) is 0 Å². The summed E-state index contributed by atoms with van der Waals surface area (Å²) in [7, 11) is 0. The highest BCUT2D eigenvalue weighted by Gasteiger charge is 2.27. The molecule has 0 radical (unpaired) electrons. The molecule has 1 rings (SSSR count). The number of nitrogens with two attached hydrogens (primary N) is 1. The predicted octanol–water partition coefficient (Wildman–Crippen LogP) is 0.645. The van der Waals surface area contributed by atoms with Crippen molar-refractivity contribution in [2.24, 2.45) is 11.1 Å².